The predicted octanol–water partition coefficient (Wildman–Crippen LogP) is 6.49. The fraction of sp³-hybridized carbons (Fsp3) is 0.200. The molecular weight excluding hydrogens is 456 g/mol. The van der Waals surface area contributed by atoms with E-state index in [2.05, 4.69) is 36.4 Å². The molecule has 0 saturated carbocycles. The lowest BCUT2D eigenvalue weighted by atomic mass is 9.80. The zero-order valence-electron chi connectivity index (χ0n) is 19.8. The second kappa shape index (κ2) is 11.5. The topological polar surface area (TPSA) is 52.6 Å². The van der Waals surface area contributed by atoms with E-state index in [4.69, 9.17) is 8.92 Å². The van der Waals surface area contributed by atoms with Gasteiger partial charge in [0, 0.05) is 6.61 Å². The summed E-state index contributed by atoms with van der Waals surface area (Å²) in [7, 11) is -3.76. The Morgan fingerprint density at radius 3 is 1.49 bits per heavy atom. The molecule has 0 radical (unpaired) electrons. The molecule has 4 rings (SSSR count). The van der Waals surface area contributed by atoms with E-state index in [0.717, 1.165) is 22.3 Å². The van der Waals surface area contributed by atoms with Crippen molar-refractivity contribution in [3.05, 3.63) is 138 Å². The second-order valence-corrected chi connectivity index (χ2v) is 10.0. The van der Waals surface area contributed by atoms with Crippen molar-refractivity contribution >= 4 is 10.1 Å². The van der Waals surface area contributed by atoms with Crippen molar-refractivity contribution in [1.82, 2.24) is 0 Å². The van der Waals surface area contributed by atoms with Crippen LogP contribution in [0.5, 0.6) is 0 Å². The highest BCUT2D eigenvalue weighted by atomic mass is 32.2. The van der Waals surface area contributed by atoms with Crippen molar-refractivity contribution in [3.63, 3.8) is 0 Å². The van der Waals surface area contributed by atoms with Gasteiger partial charge in [-0.05, 0) is 48.6 Å². The average Bonchev–Trinajstić information content (AvgIpc) is 2.90. The summed E-state index contributed by atoms with van der Waals surface area (Å²) in [6.07, 6.45) is 1.21. The Morgan fingerprint density at radius 2 is 1.03 bits per heavy atom. The number of aryl methyl sites for hydroxylation is 1. The van der Waals surface area contributed by atoms with Crippen LogP contribution in [0.1, 0.15) is 35.1 Å². The summed E-state index contributed by atoms with van der Waals surface area (Å²) in [6.45, 7) is 2.46. The minimum Gasteiger partial charge on any atom is -0.361 e. The first-order valence-electron chi connectivity index (χ1n) is 11.8. The van der Waals surface area contributed by atoms with E-state index in [1.165, 1.54) is 0 Å². The van der Waals surface area contributed by atoms with Gasteiger partial charge in [-0.2, -0.15) is 8.42 Å². The molecule has 0 spiro atoms. The first-order valence-corrected chi connectivity index (χ1v) is 13.2. The van der Waals surface area contributed by atoms with Crippen LogP contribution in [0.2, 0.25) is 0 Å². The summed E-state index contributed by atoms with van der Waals surface area (Å²) in [6, 6.07) is 37.2. The number of hydrogen-bond acceptors (Lipinski definition) is 4. The maximum atomic E-state index is 12.4. The molecule has 0 aliphatic carbocycles. The van der Waals surface area contributed by atoms with Gasteiger partial charge < -0.3 is 4.74 Å². The molecule has 5 heteroatoms. The minimum absolute atomic E-state index is 0.106. The Hall–Kier alpha value is -3.25. The molecule has 4 aromatic rings. The molecule has 35 heavy (non-hydrogen) atoms. The second-order valence-electron chi connectivity index (χ2n) is 8.42. The molecule has 0 saturated heterocycles. The van der Waals surface area contributed by atoms with Crippen LogP contribution in [0, 0.1) is 6.92 Å². The molecule has 0 heterocycles. The van der Waals surface area contributed by atoms with E-state index in [9.17, 15) is 8.42 Å². The Morgan fingerprint density at radius 1 is 0.600 bits per heavy atom. The molecule has 0 aliphatic rings. The summed E-state index contributed by atoms with van der Waals surface area (Å²) < 4.78 is 36.8. The van der Waals surface area contributed by atoms with Gasteiger partial charge in [0.15, 0.2) is 0 Å². The third kappa shape index (κ3) is 5.88. The highest BCUT2D eigenvalue weighted by molar-refractivity contribution is 7.86. The van der Waals surface area contributed by atoms with Crippen LogP contribution in [0.25, 0.3) is 0 Å². The Labute approximate surface area is 208 Å². The monoisotopic (exact) mass is 486 g/mol. The van der Waals surface area contributed by atoms with Crippen molar-refractivity contribution in [2.45, 2.75) is 30.3 Å². The zero-order chi connectivity index (χ0) is 24.6. The fourth-order valence-corrected chi connectivity index (χ4v) is 5.08. The lowest BCUT2D eigenvalue weighted by Crippen LogP contribution is -2.33. The molecule has 0 fully saturated rings. The lowest BCUT2D eigenvalue weighted by molar-refractivity contribution is 0.00974. The molecule has 0 bridgehead atoms. The normalized spacial score (nSPS) is 11.9. The maximum absolute atomic E-state index is 12.4. The van der Waals surface area contributed by atoms with E-state index in [0.29, 0.717) is 19.4 Å². The van der Waals surface area contributed by atoms with Crippen LogP contribution in [0.4, 0.5) is 0 Å². The van der Waals surface area contributed by atoms with E-state index in [1.807, 2.05) is 61.5 Å². The van der Waals surface area contributed by atoms with Crippen molar-refractivity contribution in [3.8, 4) is 0 Å². The van der Waals surface area contributed by atoms with Crippen LogP contribution < -0.4 is 0 Å². The van der Waals surface area contributed by atoms with Crippen molar-refractivity contribution in [1.29, 1.82) is 0 Å². The SMILES string of the molecule is Cc1ccc(S(=O)(=O)OCCCCOC(c2ccccc2)(c2ccccc2)c2ccccc2)cc1. The van der Waals surface area contributed by atoms with Crippen molar-refractivity contribution in [2.75, 3.05) is 13.2 Å². The Bertz CT molecular complexity index is 1190. The van der Waals surface area contributed by atoms with Gasteiger partial charge >= 0.3 is 0 Å². The van der Waals surface area contributed by atoms with Gasteiger partial charge in [0.05, 0.1) is 11.5 Å². The van der Waals surface area contributed by atoms with Gasteiger partial charge in [0.1, 0.15) is 5.60 Å². The van der Waals surface area contributed by atoms with Gasteiger partial charge in [0.2, 0.25) is 0 Å². The maximum Gasteiger partial charge on any atom is 0.296 e. The molecule has 0 N–H and O–H groups in total. The number of benzene rings is 4. The standard InChI is InChI=1S/C30H30O4S/c1-25-19-21-29(22-20-25)35(31,32)34-24-12-11-23-33-30(26-13-5-2-6-14-26,27-15-7-3-8-16-27)28-17-9-4-10-18-28/h2-10,13-22H,11-12,23-24H2,1H3. The summed E-state index contributed by atoms with van der Waals surface area (Å²) in [4.78, 5) is 0.176. The first kappa shape index (κ1) is 24.9. The van der Waals surface area contributed by atoms with E-state index < -0.39 is 15.7 Å². The quantitative estimate of drug-likeness (QED) is 0.138. The smallest absolute Gasteiger partial charge is 0.296 e. The number of unbranched alkanes of at least 4 members (excludes halogenated alkanes) is 1. The van der Waals surface area contributed by atoms with Gasteiger partial charge in [-0.15, -0.1) is 0 Å². The molecule has 0 aliphatic heterocycles. The van der Waals surface area contributed by atoms with E-state index in [-0.39, 0.29) is 11.5 Å². The minimum atomic E-state index is -3.76. The zero-order valence-corrected chi connectivity index (χ0v) is 20.7. The molecular formula is C30H30O4S. The summed E-state index contributed by atoms with van der Waals surface area (Å²) in [5, 5.41) is 0. The molecule has 0 atom stereocenters. The van der Waals surface area contributed by atoms with Gasteiger partial charge in [0.25, 0.3) is 10.1 Å². The van der Waals surface area contributed by atoms with E-state index in [1.54, 1.807) is 24.3 Å². The van der Waals surface area contributed by atoms with E-state index >= 15 is 0 Å². The number of ether oxygens (including phenoxy) is 1. The van der Waals surface area contributed by atoms with Crippen LogP contribution >= 0.6 is 0 Å². The van der Waals surface area contributed by atoms with Crippen molar-refractivity contribution in [2.24, 2.45) is 0 Å². The van der Waals surface area contributed by atoms with Crippen LogP contribution in [0.3, 0.4) is 0 Å². The van der Waals surface area contributed by atoms with Crippen LogP contribution in [-0.2, 0) is 24.6 Å². The molecule has 180 valence electrons. The van der Waals surface area contributed by atoms with Gasteiger partial charge in [-0.25, -0.2) is 0 Å². The van der Waals surface area contributed by atoms with Crippen molar-refractivity contribution < 1.29 is 17.3 Å². The highest BCUT2D eigenvalue weighted by Crippen LogP contribution is 2.40. The summed E-state index contributed by atoms with van der Waals surface area (Å²) in [5.74, 6) is 0. The molecule has 4 aromatic carbocycles. The summed E-state index contributed by atoms with van der Waals surface area (Å²) >= 11 is 0. The Kier molecular flexibility index (Phi) is 8.13. The summed E-state index contributed by atoms with van der Waals surface area (Å²) in [5.41, 5.74) is 3.33. The first-order chi connectivity index (χ1) is 17.0. The molecule has 0 amide bonds. The average molecular weight is 487 g/mol. The molecule has 4 nitrogen and oxygen atoms in total. The lowest BCUT2D eigenvalue weighted by Gasteiger charge is -2.36. The molecule has 0 unspecified atom stereocenters. The Balaban J connectivity index is 1.48. The fourth-order valence-electron chi connectivity index (χ4n) is 4.14. The number of hydrogen-bond donors (Lipinski definition) is 0. The van der Waals surface area contributed by atoms with Gasteiger partial charge in [-0.3, -0.25) is 4.18 Å². The highest BCUT2D eigenvalue weighted by Gasteiger charge is 2.37. The number of rotatable bonds is 11. The third-order valence-electron chi connectivity index (χ3n) is 5.95. The largest absolute Gasteiger partial charge is 0.361 e. The third-order valence-corrected chi connectivity index (χ3v) is 7.27. The molecule has 0 aromatic heterocycles. The predicted molar refractivity (Wildman–Crippen MR) is 139 cm³/mol. The van der Waals surface area contributed by atoms with Gasteiger partial charge in [-0.1, -0.05) is 109 Å². The van der Waals surface area contributed by atoms with Crippen LogP contribution in [-0.4, -0.2) is 21.6 Å². The van der Waals surface area contributed by atoms with Crippen LogP contribution in [0.15, 0.2) is 120 Å².